The van der Waals surface area contributed by atoms with E-state index < -0.39 is 5.97 Å². The van der Waals surface area contributed by atoms with Gasteiger partial charge in [0.15, 0.2) is 0 Å². The number of likely N-dealkylation sites (tertiary alicyclic amines) is 1. The Labute approximate surface area is 124 Å². The Hall–Kier alpha value is -2.04. The number of rotatable bonds is 6. The van der Waals surface area contributed by atoms with Gasteiger partial charge in [0.05, 0.1) is 18.9 Å². The van der Waals surface area contributed by atoms with Crippen molar-refractivity contribution in [1.29, 1.82) is 0 Å². The van der Waals surface area contributed by atoms with Crippen LogP contribution >= 0.6 is 0 Å². The van der Waals surface area contributed by atoms with E-state index in [9.17, 15) is 9.59 Å². The molecule has 0 bridgehead atoms. The molecule has 0 aliphatic carbocycles. The highest BCUT2D eigenvalue weighted by molar-refractivity contribution is 5.80. The third-order valence-corrected chi connectivity index (χ3v) is 3.95. The van der Waals surface area contributed by atoms with E-state index in [1.54, 1.807) is 11.8 Å². The van der Waals surface area contributed by atoms with Gasteiger partial charge in [-0.15, -0.1) is 0 Å². The maximum absolute atomic E-state index is 12.1. The second-order valence-electron chi connectivity index (χ2n) is 5.44. The van der Waals surface area contributed by atoms with Crippen LogP contribution in [-0.4, -0.2) is 41.6 Å². The van der Waals surface area contributed by atoms with E-state index in [4.69, 9.17) is 9.84 Å². The summed E-state index contributed by atoms with van der Waals surface area (Å²) in [5, 5.41) is 8.93. The van der Waals surface area contributed by atoms with Crippen LogP contribution in [0.3, 0.4) is 0 Å². The van der Waals surface area contributed by atoms with Gasteiger partial charge in [0.2, 0.25) is 5.91 Å². The summed E-state index contributed by atoms with van der Waals surface area (Å²) in [5.74, 6) is -0.258. The molecule has 1 atom stereocenters. The number of ether oxygens (including phenoxy) is 1. The third-order valence-electron chi connectivity index (χ3n) is 3.95. The average Bonchev–Trinajstić information content (AvgIpc) is 2.39. The van der Waals surface area contributed by atoms with E-state index in [-0.39, 0.29) is 17.7 Å². The van der Waals surface area contributed by atoms with Crippen LogP contribution in [0.25, 0.3) is 0 Å². The molecule has 0 saturated carbocycles. The molecule has 1 aliphatic heterocycles. The zero-order valence-corrected chi connectivity index (χ0v) is 12.4. The Balaban J connectivity index is 1.82. The van der Waals surface area contributed by atoms with Crippen molar-refractivity contribution in [1.82, 2.24) is 4.90 Å². The summed E-state index contributed by atoms with van der Waals surface area (Å²) in [6, 6.07) is 7.50. The number of nitrogens with zero attached hydrogens (tertiary/aromatic N) is 1. The van der Waals surface area contributed by atoms with Gasteiger partial charge >= 0.3 is 5.97 Å². The van der Waals surface area contributed by atoms with Crippen LogP contribution in [0.4, 0.5) is 0 Å². The molecule has 1 fully saturated rings. The molecule has 114 valence electrons. The van der Waals surface area contributed by atoms with E-state index in [1.807, 2.05) is 31.2 Å². The number of carbonyl (C=O) groups excluding carboxylic acids is 1. The Morgan fingerprint density at radius 1 is 1.33 bits per heavy atom. The minimum atomic E-state index is -0.793. The largest absolute Gasteiger partial charge is 0.494 e. The lowest BCUT2D eigenvalue weighted by Gasteiger charge is -2.41. The molecule has 1 aromatic carbocycles. The topological polar surface area (TPSA) is 66.8 Å². The number of carboxylic acid groups (broad SMARTS) is 1. The molecule has 5 nitrogen and oxygen atoms in total. The van der Waals surface area contributed by atoms with E-state index in [0.29, 0.717) is 26.1 Å². The summed E-state index contributed by atoms with van der Waals surface area (Å²) >= 11 is 0. The first-order valence-corrected chi connectivity index (χ1v) is 7.23. The summed E-state index contributed by atoms with van der Waals surface area (Å²) in [6.45, 7) is 5.33. The molecule has 1 unspecified atom stereocenters. The predicted molar refractivity (Wildman–Crippen MR) is 78.2 cm³/mol. The molecule has 0 aromatic heterocycles. The molecule has 1 aromatic rings. The highest BCUT2D eigenvalue weighted by atomic mass is 16.5. The van der Waals surface area contributed by atoms with Gasteiger partial charge < -0.3 is 14.7 Å². The van der Waals surface area contributed by atoms with Crippen LogP contribution in [0, 0.1) is 11.8 Å². The van der Waals surface area contributed by atoms with E-state index in [2.05, 4.69) is 0 Å². The minimum absolute atomic E-state index is 0.0491. The number of amides is 1. The van der Waals surface area contributed by atoms with Crippen LogP contribution in [-0.2, 0) is 16.0 Å². The van der Waals surface area contributed by atoms with Gasteiger partial charge in [-0.25, -0.2) is 0 Å². The fourth-order valence-electron chi connectivity index (χ4n) is 2.39. The number of aliphatic carboxylic acids is 1. The van der Waals surface area contributed by atoms with Crippen LogP contribution in [0.5, 0.6) is 5.75 Å². The molecule has 1 amide bonds. The summed E-state index contributed by atoms with van der Waals surface area (Å²) < 4.78 is 5.36. The van der Waals surface area contributed by atoms with Crippen LogP contribution < -0.4 is 4.74 Å². The Kier molecular flexibility index (Phi) is 4.83. The number of hydrogen-bond acceptors (Lipinski definition) is 3. The van der Waals surface area contributed by atoms with Crippen molar-refractivity contribution < 1.29 is 19.4 Å². The van der Waals surface area contributed by atoms with Gasteiger partial charge in [-0.3, -0.25) is 9.59 Å². The van der Waals surface area contributed by atoms with Crippen molar-refractivity contribution >= 4 is 11.9 Å². The quantitative estimate of drug-likeness (QED) is 0.868. The highest BCUT2D eigenvalue weighted by Crippen LogP contribution is 2.25. The lowest BCUT2D eigenvalue weighted by molar-refractivity contribution is -0.150. The zero-order valence-electron chi connectivity index (χ0n) is 12.4. The molecule has 2 rings (SSSR count). The SMILES string of the molecule is CCOc1ccc(CC(=O)N2CC(C(C)C(=O)O)C2)cc1. The monoisotopic (exact) mass is 291 g/mol. The Morgan fingerprint density at radius 2 is 1.95 bits per heavy atom. The lowest BCUT2D eigenvalue weighted by atomic mass is 9.87. The normalized spacial score (nSPS) is 16.2. The number of benzene rings is 1. The highest BCUT2D eigenvalue weighted by Gasteiger charge is 2.36. The summed E-state index contributed by atoms with van der Waals surface area (Å²) in [7, 11) is 0. The number of hydrogen-bond donors (Lipinski definition) is 1. The van der Waals surface area contributed by atoms with Crippen molar-refractivity contribution in [3.63, 3.8) is 0 Å². The van der Waals surface area contributed by atoms with Gasteiger partial charge in [0, 0.05) is 19.0 Å². The smallest absolute Gasteiger partial charge is 0.306 e. The first kappa shape index (κ1) is 15.4. The molecule has 0 radical (unpaired) electrons. The molecule has 1 heterocycles. The standard InChI is InChI=1S/C16H21NO4/c1-3-21-14-6-4-12(5-7-14)8-15(18)17-9-13(10-17)11(2)16(19)20/h4-7,11,13H,3,8-10H2,1-2H3,(H,19,20). The summed E-state index contributed by atoms with van der Waals surface area (Å²) in [6.07, 6.45) is 0.348. The molecule has 0 spiro atoms. The van der Waals surface area contributed by atoms with Crippen LogP contribution in [0.15, 0.2) is 24.3 Å². The number of carbonyl (C=O) groups is 2. The van der Waals surface area contributed by atoms with E-state index >= 15 is 0 Å². The Bertz CT molecular complexity index is 506. The molecule has 21 heavy (non-hydrogen) atoms. The van der Waals surface area contributed by atoms with Gasteiger partial charge in [0.1, 0.15) is 5.75 Å². The molecule has 5 heteroatoms. The van der Waals surface area contributed by atoms with Gasteiger partial charge in [-0.1, -0.05) is 19.1 Å². The summed E-state index contributed by atoms with van der Waals surface area (Å²) in [5.41, 5.74) is 0.943. The molecule has 1 saturated heterocycles. The zero-order chi connectivity index (χ0) is 15.4. The van der Waals surface area contributed by atoms with Crippen molar-refractivity contribution in [2.45, 2.75) is 20.3 Å². The molecule has 1 aliphatic rings. The van der Waals surface area contributed by atoms with Gasteiger partial charge in [-0.2, -0.15) is 0 Å². The fourth-order valence-corrected chi connectivity index (χ4v) is 2.39. The first-order chi connectivity index (χ1) is 10.0. The fraction of sp³-hybridized carbons (Fsp3) is 0.500. The summed E-state index contributed by atoms with van der Waals surface area (Å²) in [4.78, 5) is 24.7. The average molecular weight is 291 g/mol. The van der Waals surface area contributed by atoms with Crippen molar-refractivity contribution in [3.8, 4) is 5.75 Å². The predicted octanol–water partition coefficient (Wildman–Crippen LogP) is 1.81. The maximum atomic E-state index is 12.1. The van der Waals surface area contributed by atoms with E-state index in [0.717, 1.165) is 11.3 Å². The number of carboxylic acids is 1. The van der Waals surface area contributed by atoms with Crippen molar-refractivity contribution in [2.75, 3.05) is 19.7 Å². The van der Waals surface area contributed by atoms with Crippen molar-refractivity contribution in [3.05, 3.63) is 29.8 Å². The first-order valence-electron chi connectivity index (χ1n) is 7.23. The second-order valence-corrected chi connectivity index (χ2v) is 5.44. The minimum Gasteiger partial charge on any atom is -0.494 e. The van der Waals surface area contributed by atoms with Crippen LogP contribution in [0.1, 0.15) is 19.4 Å². The second kappa shape index (κ2) is 6.61. The maximum Gasteiger partial charge on any atom is 0.306 e. The van der Waals surface area contributed by atoms with Gasteiger partial charge in [-0.05, 0) is 24.6 Å². The third kappa shape index (κ3) is 3.74. The lowest BCUT2D eigenvalue weighted by Crippen LogP contribution is -2.53. The van der Waals surface area contributed by atoms with Crippen molar-refractivity contribution in [2.24, 2.45) is 11.8 Å². The molecular formula is C16H21NO4. The van der Waals surface area contributed by atoms with Gasteiger partial charge in [0.25, 0.3) is 0 Å². The van der Waals surface area contributed by atoms with Crippen LogP contribution in [0.2, 0.25) is 0 Å². The van der Waals surface area contributed by atoms with E-state index in [1.165, 1.54) is 0 Å². The molecular weight excluding hydrogens is 270 g/mol. The Morgan fingerprint density at radius 3 is 2.48 bits per heavy atom. The molecule has 1 N–H and O–H groups in total.